The van der Waals surface area contributed by atoms with Crippen molar-refractivity contribution in [2.45, 2.75) is 71.3 Å². The van der Waals surface area contributed by atoms with Crippen LogP contribution in [-0.2, 0) is 6.54 Å². The van der Waals surface area contributed by atoms with Crippen molar-refractivity contribution < 1.29 is 4.74 Å². The zero-order valence-corrected chi connectivity index (χ0v) is 18.2. The Morgan fingerprint density at radius 1 is 0.786 bits per heavy atom. The van der Waals surface area contributed by atoms with Crippen LogP contribution in [0.2, 0.25) is 0 Å². The summed E-state index contributed by atoms with van der Waals surface area (Å²) in [7, 11) is 0. The Morgan fingerprint density at radius 3 is 2.04 bits per heavy atom. The fraction of sp³-hybridized carbons (Fsp3) is 0.750. The lowest BCUT2D eigenvalue weighted by molar-refractivity contribution is 0.126. The summed E-state index contributed by atoms with van der Waals surface area (Å²) in [6, 6.07) is 8.73. The third-order valence-electron chi connectivity index (χ3n) is 5.74. The van der Waals surface area contributed by atoms with Gasteiger partial charge in [0.1, 0.15) is 5.75 Å². The minimum absolute atomic E-state index is 0.799. The van der Waals surface area contributed by atoms with Crippen LogP contribution in [0.1, 0.15) is 70.3 Å². The number of rotatable bonds is 15. The third kappa shape index (κ3) is 9.90. The molecule has 2 N–H and O–H groups in total. The van der Waals surface area contributed by atoms with Gasteiger partial charge in [0.15, 0.2) is 0 Å². The van der Waals surface area contributed by atoms with E-state index in [1.165, 1.54) is 70.0 Å². The number of unbranched alkanes of at least 4 members (excludes halogenated alkanes) is 7. The molecule has 0 aromatic heterocycles. The molecule has 0 spiro atoms. The Bertz CT molecular complexity index is 483. The Kier molecular flexibility index (Phi) is 12.3. The normalized spacial score (nSPS) is 15.8. The van der Waals surface area contributed by atoms with Gasteiger partial charge in [-0.2, -0.15) is 0 Å². The van der Waals surface area contributed by atoms with Gasteiger partial charge in [-0.15, -0.1) is 0 Å². The molecule has 0 amide bonds. The fourth-order valence-corrected chi connectivity index (χ4v) is 3.86. The number of ether oxygens (including phenoxy) is 1. The molecular weight excluding hydrogens is 346 g/mol. The van der Waals surface area contributed by atoms with E-state index >= 15 is 0 Å². The van der Waals surface area contributed by atoms with Crippen LogP contribution in [0.25, 0.3) is 0 Å². The second-order valence-electron chi connectivity index (χ2n) is 8.23. The minimum atomic E-state index is 0.799. The van der Waals surface area contributed by atoms with E-state index in [2.05, 4.69) is 41.0 Å². The van der Waals surface area contributed by atoms with Crippen molar-refractivity contribution in [2.75, 3.05) is 45.9 Å². The molecule has 1 aliphatic heterocycles. The molecule has 0 unspecified atom stereocenters. The first-order valence-electron chi connectivity index (χ1n) is 11.7. The maximum Gasteiger partial charge on any atom is 0.119 e. The molecule has 0 atom stereocenters. The predicted molar refractivity (Wildman–Crippen MR) is 120 cm³/mol. The molecule has 0 aliphatic carbocycles. The summed E-state index contributed by atoms with van der Waals surface area (Å²) < 4.78 is 5.92. The second-order valence-corrected chi connectivity index (χ2v) is 8.23. The van der Waals surface area contributed by atoms with E-state index in [1.807, 2.05) is 0 Å². The lowest BCUT2D eigenvalue weighted by atomic mass is 10.1. The summed E-state index contributed by atoms with van der Waals surface area (Å²) >= 11 is 0. The highest BCUT2D eigenvalue weighted by molar-refractivity contribution is 5.27. The lowest BCUT2D eigenvalue weighted by Crippen LogP contribution is -2.46. The molecule has 0 saturated carbocycles. The summed E-state index contributed by atoms with van der Waals surface area (Å²) in [6.45, 7) is 10.8. The van der Waals surface area contributed by atoms with Gasteiger partial charge in [-0.05, 0) is 43.6 Å². The van der Waals surface area contributed by atoms with Crippen LogP contribution in [0.15, 0.2) is 24.3 Å². The van der Waals surface area contributed by atoms with E-state index in [9.17, 15) is 0 Å². The van der Waals surface area contributed by atoms with Crippen LogP contribution >= 0.6 is 0 Å². The molecule has 1 aliphatic rings. The number of nitrogens with two attached hydrogens (primary N) is 1. The molecule has 0 bridgehead atoms. The monoisotopic (exact) mass is 389 g/mol. The zero-order chi connectivity index (χ0) is 19.9. The molecule has 160 valence electrons. The molecule has 1 aromatic carbocycles. The largest absolute Gasteiger partial charge is 0.494 e. The van der Waals surface area contributed by atoms with Crippen molar-refractivity contribution >= 4 is 0 Å². The van der Waals surface area contributed by atoms with Gasteiger partial charge in [0.2, 0.25) is 0 Å². The molecule has 1 heterocycles. The highest BCUT2D eigenvalue weighted by Gasteiger charge is 2.16. The van der Waals surface area contributed by atoms with E-state index in [0.29, 0.717) is 0 Å². The number of nitrogens with zero attached hydrogens (tertiary/aromatic N) is 2. The van der Waals surface area contributed by atoms with Gasteiger partial charge in [-0.25, -0.2) is 0 Å². The zero-order valence-electron chi connectivity index (χ0n) is 18.2. The van der Waals surface area contributed by atoms with Crippen LogP contribution in [-0.4, -0.2) is 55.7 Å². The van der Waals surface area contributed by atoms with E-state index in [-0.39, 0.29) is 0 Å². The Morgan fingerprint density at radius 2 is 1.39 bits per heavy atom. The minimum Gasteiger partial charge on any atom is -0.494 e. The van der Waals surface area contributed by atoms with E-state index in [1.54, 1.807) is 0 Å². The van der Waals surface area contributed by atoms with Gasteiger partial charge in [-0.3, -0.25) is 4.90 Å². The average molecular weight is 390 g/mol. The second kappa shape index (κ2) is 14.8. The van der Waals surface area contributed by atoms with Gasteiger partial charge in [0, 0.05) is 32.7 Å². The highest BCUT2D eigenvalue weighted by Crippen LogP contribution is 2.16. The van der Waals surface area contributed by atoms with Crippen molar-refractivity contribution in [1.82, 2.24) is 9.80 Å². The van der Waals surface area contributed by atoms with Gasteiger partial charge >= 0.3 is 0 Å². The highest BCUT2D eigenvalue weighted by atomic mass is 16.5. The molecule has 1 saturated heterocycles. The Hall–Kier alpha value is -1.10. The van der Waals surface area contributed by atoms with Crippen molar-refractivity contribution in [2.24, 2.45) is 5.73 Å². The van der Waals surface area contributed by atoms with Crippen molar-refractivity contribution in [1.29, 1.82) is 0 Å². The van der Waals surface area contributed by atoms with Crippen LogP contribution < -0.4 is 10.5 Å². The van der Waals surface area contributed by atoms with Gasteiger partial charge < -0.3 is 15.4 Å². The van der Waals surface area contributed by atoms with Crippen LogP contribution in [0.4, 0.5) is 0 Å². The van der Waals surface area contributed by atoms with Crippen molar-refractivity contribution in [3.63, 3.8) is 0 Å². The molecule has 1 aromatic rings. The molecule has 0 radical (unpaired) electrons. The smallest absolute Gasteiger partial charge is 0.119 e. The number of hydrogen-bond donors (Lipinski definition) is 1. The molecule has 2 rings (SSSR count). The topological polar surface area (TPSA) is 41.7 Å². The SMILES string of the molecule is CCCCCCCCCCOc1ccc(CN2CCN(CCCN)CC2)cc1. The molecule has 4 heteroatoms. The summed E-state index contributed by atoms with van der Waals surface area (Å²) in [4.78, 5) is 5.08. The maximum atomic E-state index is 5.92. The standard InChI is InChI=1S/C24H43N3O/c1-2-3-4-5-6-7-8-9-21-28-24-13-11-23(12-14-24)22-27-19-17-26(18-20-27)16-10-15-25/h11-14H,2-10,15-22,25H2,1H3. The third-order valence-corrected chi connectivity index (χ3v) is 5.74. The van der Waals surface area contributed by atoms with Crippen LogP contribution in [0.3, 0.4) is 0 Å². The predicted octanol–water partition coefficient (Wildman–Crippen LogP) is 4.67. The maximum absolute atomic E-state index is 5.92. The lowest BCUT2D eigenvalue weighted by Gasteiger charge is -2.34. The van der Waals surface area contributed by atoms with Crippen molar-refractivity contribution in [3.8, 4) is 5.75 Å². The van der Waals surface area contributed by atoms with Crippen LogP contribution in [0.5, 0.6) is 5.75 Å². The summed E-state index contributed by atoms with van der Waals surface area (Å²) in [5, 5.41) is 0. The quantitative estimate of drug-likeness (QED) is 0.443. The molecule has 1 fully saturated rings. The summed E-state index contributed by atoms with van der Waals surface area (Å²) in [6.07, 6.45) is 11.8. The molecular formula is C24H43N3O. The number of benzene rings is 1. The van der Waals surface area contributed by atoms with Gasteiger partial charge in [0.05, 0.1) is 6.61 Å². The van der Waals surface area contributed by atoms with Crippen molar-refractivity contribution in [3.05, 3.63) is 29.8 Å². The fourth-order valence-electron chi connectivity index (χ4n) is 3.86. The molecule has 4 nitrogen and oxygen atoms in total. The summed E-state index contributed by atoms with van der Waals surface area (Å²) in [5.74, 6) is 1.01. The first-order valence-corrected chi connectivity index (χ1v) is 11.7. The van der Waals surface area contributed by atoms with E-state index < -0.39 is 0 Å². The van der Waals surface area contributed by atoms with Crippen LogP contribution in [0, 0.1) is 0 Å². The van der Waals surface area contributed by atoms with Gasteiger partial charge in [-0.1, -0.05) is 64.0 Å². The average Bonchev–Trinajstić information content (AvgIpc) is 2.73. The van der Waals surface area contributed by atoms with E-state index in [4.69, 9.17) is 10.5 Å². The Labute approximate surface area is 173 Å². The number of hydrogen-bond acceptors (Lipinski definition) is 4. The van der Waals surface area contributed by atoms with E-state index in [0.717, 1.165) is 51.5 Å². The number of piperazine rings is 1. The van der Waals surface area contributed by atoms with Gasteiger partial charge in [0.25, 0.3) is 0 Å². The Balaban J connectivity index is 1.53. The first kappa shape index (κ1) is 23.2. The first-order chi connectivity index (χ1) is 13.8. The summed E-state index contributed by atoms with van der Waals surface area (Å²) in [5.41, 5.74) is 7.00. The molecule has 28 heavy (non-hydrogen) atoms.